The van der Waals surface area contributed by atoms with Crippen molar-refractivity contribution in [3.05, 3.63) is 62.0 Å². The van der Waals surface area contributed by atoms with Gasteiger partial charge >= 0.3 is 0 Å². The van der Waals surface area contributed by atoms with Gasteiger partial charge in [-0.3, -0.25) is 9.69 Å². The molecule has 0 bridgehead atoms. The summed E-state index contributed by atoms with van der Waals surface area (Å²) in [6, 6.07) is 9.15. The first kappa shape index (κ1) is 16.2. The van der Waals surface area contributed by atoms with Crippen LogP contribution >= 0.6 is 11.3 Å². The molecule has 1 aromatic carbocycles. The molecule has 2 heterocycles. The van der Waals surface area contributed by atoms with Gasteiger partial charge in [-0.05, 0) is 62.3 Å². The lowest BCUT2D eigenvalue weighted by molar-refractivity contribution is 0.208. The summed E-state index contributed by atoms with van der Waals surface area (Å²) < 4.78 is 0. The van der Waals surface area contributed by atoms with Gasteiger partial charge in [0.05, 0.1) is 11.9 Å². The van der Waals surface area contributed by atoms with E-state index in [4.69, 9.17) is 4.98 Å². The van der Waals surface area contributed by atoms with Crippen LogP contribution in [0.15, 0.2) is 29.1 Å². The molecule has 3 aromatic rings. The van der Waals surface area contributed by atoms with Crippen molar-refractivity contribution in [3.8, 4) is 0 Å². The van der Waals surface area contributed by atoms with Gasteiger partial charge in [-0.2, -0.15) is 0 Å². The van der Waals surface area contributed by atoms with E-state index in [9.17, 15) is 4.79 Å². The summed E-state index contributed by atoms with van der Waals surface area (Å²) in [5, 5.41) is 0.844. The molecule has 134 valence electrons. The highest BCUT2D eigenvalue weighted by molar-refractivity contribution is 7.18. The highest BCUT2D eigenvalue weighted by Gasteiger charge is 2.25. The molecule has 5 heteroatoms. The lowest BCUT2D eigenvalue weighted by atomic mass is 9.87. The molecule has 2 aliphatic rings. The Morgan fingerprint density at radius 2 is 2.12 bits per heavy atom. The van der Waals surface area contributed by atoms with E-state index < -0.39 is 0 Å². The van der Waals surface area contributed by atoms with Crippen molar-refractivity contribution < 1.29 is 0 Å². The molecule has 4 nitrogen and oxygen atoms in total. The van der Waals surface area contributed by atoms with Gasteiger partial charge in [0.15, 0.2) is 0 Å². The minimum atomic E-state index is 0.0434. The van der Waals surface area contributed by atoms with Crippen LogP contribution in [0.25, 0.3) is 10.2 Å². The largest absolute Gasteiger partial charge is 0.309 e. The number of H-pyrrole nitrogens is 1. The van der Waals surface area contributed by atoms with Gasteiger partial charge < -0.3 is 4.98 Å². The average Bonchev–Trinajstić information content (AvgIpc) is 3.21. The second kappa shape index (κ2) is 6.32. The first-order valence-electron chi connectivity index (χ1n) is 9.52. The Morgan fingerprint density at radius 3 is 3.04 bits per heavy atom. The number of aromatic nitrogens is 2. The van der Waals surface area contributed by atoms with Crippen LogP contribution in [-0.4, -0.2) is 21.9 Å². The van der Waals surface area contributed by atoms with Gasteiger partial charge in [0.2, 0.25) is 0 Å². The first-order chi connectivity index (χ1) is 12.7. The number of hydrogen-bond acceptors (Lipinski definition) is 4. The summed E-state index contributed by atoms with van der Waals surface area (Å²) in [6.45, 7) is 0.673. The second-order valence-electron chi connectivity index (χ2n) is 7.57. The molecule has 0 spiro atoms. The van der Waals surface area contributed by atoms with Gasteiger partial charge in [-0.1, -0.05) is 24.3 Å². The summed E-state index contributed by atoms with van der Waals surface area (Å²) in [5.74, 6) is 0.785. The zero-order chi connectivity index (χ0) is 17.7. The molecule has 1 atom stereocenters. The normalized spacial score (nSPS) is 19.1. The number of thiophene rings is 1. The summed E-state index contributed by atoms with van der Waals surface area (Å²) >= 11 is 1.72. The third-order valence-corrected chi connectivity index (χ3v) is 7.08. The van der Waals surface area contributed by atoms with Crippen LogP contribution in [0, 0.1) is 0 Å². The maximum atomic E-state index is 12.7. The lowest BCUT2D eigenvalue weighted by Crippen LogP contribution is -2.29. The monoisotopic (exact) mass is 365 g/mol. The zero-order valence-corrected chi connectivity index (χ0v) is 15.9. The number of fused-ring (bicyclic) bond motifs is 4. The molecule has 0 amide bonds. The van der Waals surface area contributed by atoms with E-state index in [1.807, 2.05) is 0 Å². The topological polar surface area (TPSA) is 49.0 Å². The summed E-state index contributed by atoms with van der Waals surface area (Å²) in [4.78, 5) is 25.2. The van der Waals surface area contributed by atoms with Gasteiger partial charge in [0.25, 0.3) is 5.56 Å². The van der Waals surface area contributed by atoms with Crippen LogP contribution < -0.4 is 5.56 Å². The minimum absolute atomic E-state index is 0.0434. The van der Waals surface area contributed by atoms with Crippen molar-refractivity contribution in [2.75, 3.05) is 7.05 Å². The minimum Gasteiger partial charge on any atom is -0.309 e. The van der Waals surface area contributed by atoms with E-state index >= 15 is 0 Å². The molecule has 0 radical (unpaired) electrons. The number of nitrogens with one attached hydrogen (secondary N) is 1. The fourth-order valence-corrected chi connectivity index (χ4v) is 5.94. The second-order valence-corrected chi connectivity index (χ2v) is 8.66. The van der Waals surface area contributed by atoms with Gasteiger partial charge in [0.1, 0.15) is 10.7 Å². The van der Waals surface area contributed by atoms with Crippen LogP contribution in [-0.2, 0) is 25.8 Å². The molecule has 1 N–H and O–H groups in total. The van der Waals surface area contributed by atoms with Crippen LogP contribution in [0.3, 0.4) is 0 Å². The number of aryl methyl sites for hydroxylation is 3. The predicted molar refractivity (Wildman–Crippen MR) is 106 cm³/mol. The standard InChI is InChI=1S/C21H23N3OS/c1-24(16-10-4-7-13-6-2-3-8-14(13)16)12-18-22-20(25)19-15-9-5-11-17(15)26-21(19)23-18/h2-3,6,8,16H,4-5,7,9-12H2,1H3,(H,22,23,25)/t16-/m1/s1. The molecular weight excluding hydrogens is 342 g/mol. The first-order valence-corrected chi connectivity index (χ1v) is 10.3. The van der Waals surface area contributed by atoms with E-state index in [-0.39, 0.29) is 5.56 Å². The average molecular weight is 366 g/mol. The van der Waals surface area contributed by atoms with Crippen molar-refractivity contribution in [2.45, 2.75) is 51.1 Å². The van der Waals surface area contributed by atoms with Crippen LogP contribution in [0.4, 0.5) is 0 Å². The molecule has 2 aliphatic carbocycles. The number of benzene rings is 1. The van der Waals surface area contributed by atoms with Crippen molar-refractivity contribution in [3.63, 3.8) is 0 Å². The Bertz CT molecular complexity index is 1040. The summed E-state index contributed by atoms with van der Waals surface area (Å²) in [6.07, 6.45) is 6.84. The number of hydrogen-bond donors (Lipinski definition) is 1. The third-order valence-electron chi connectivity index (χ3n) is 5.89. The van der Waals surface area contributed by atoms with E-state index in [0.29, 0.717) is 12.6 Å². The Hall–Kier alpha value is -1.98. The maximum absolute atomic E-state index is 12.7. The molecule has 2 aromatic heterocycles. The van der Waals surface area contributed by atoms with Crippen LogP contribution in [0.5, 0.6) is 0 Å². The number of nitrogens with zero attached hydrogens (tertiary/aromatic N) is 2. The fraction of sp³-hybridized carbons (Fsp3) is 0.429. The molecule has 0 unspecified atom stereocenters. The Kier molecular flexibility index (Phi) is 3.94. The number of aromatic amines is 1. The SMILES string of the molecule is CN(Cc1nc2sc3c(c2c(=O)[nH]1)CCC3)[C@@H]1CCCc2ccccc21. The third kappa shape index (κ3) is 2.61. The highest BCUT2D eigenvalue weighted by atomic mass is 32.1. The smallest absolute Gasteiger partial charge is 0.259 e. The Morgan fingerprint density at radius 1 is 1.23 bits per heavy atom. The number of rotatable bonds is 3. The Balaban J connectivity index is 1.46. The quantitative estimate of drug-likeness (QED) is 0.764. The molecule has 0 aliphatic heterocycles. The van der Waals surface area contributed by atoms with Gasteiger partial charge in [-0.25, -0.2) is 4.98 Å². The maximum Gasteiger partial charge on any atom is 0.259 e. The zero-order valence-electron chi connectivity index (χ0n) is 15.0. The molecule has 0 saturated carbocycles. The molecule has 0 saturated heterocycles. The lowest BCUT2D eigenvalue weighted by Gasteiger charge is -2.33. The van der Waals surface area contributed by atoms with E-state index in [0.717, 1.165) is 35.3 Å². The van der Waals surface area contributed by atoms with Crippen LogP contribution in [0.2, 0.25) is 0 Å². The Labute approximate surface area is 156 Å². The van der Waals surface area contributed by atoms with Crippen molar-refractivity contribution in [2.24, 2.45) is 0 Å². The molecule has 5 rings (SSSR count). The van der Waals surface area contributed by atoms with Crippen molar-refractivity contribution in [1.82, 2.24) is 14.9 Å². The van der Waals surface area contributed by atoms with E-state index in [1.165, 1.54) is 40.8 Å². The van der Waals surface area contributed by atoms with Gasteiger partial charge in [0, 0.05) is 10.9 Å². The highest BCUT2D eigenvalue weighted by Crippen LogP contribution is 2.36. The molecule has 0 fully saturated rings. The molecular formula is C21H23N3OS. The van der Waals surface area contributed by atoms with Crippen molar-refractivity contribution >= 4 is 21.6 Å². The van der Waals surface area contributed by atoms with E-state index in [1.54, 1.807) is 11.3 Å². The predicted octanol–water partition coefficient (Wildman–Crippen LogP) is 3.98. The van der Waals surface area contributed by atoms with Crippen LogP contribution in [0.1, 0.15) is 52.7 Å². The van der Waals surface area contributed by atoms with E-state index in [2.05, 4.69) is 41.2 Å². The summed E-state index contributed by atoms with van der Waals surface area (Å²) in [5.41, 5.74) is 4.18. The fourth-order valence-electron chi connectivity index (χ4n) is 4.65. The van der Waals surface area contributed by atoms with Gasteiger partial charge in [-0.15, -0.1) is 11.3 Å². The van der Waals surface area contributed by atoms with Crippen molar-refractivity contribution in [1.29, 1.82) is 0 Å². The molecule has 26 heavy (non-hydrogen) atoms. The summed E-state index contributed by atoms with van der Waals surface area (Å²) in [7, 11) is 2.14.